The van der Waals surface area contributed by atoms with E-state index in [1.807, 2.05) is 61.5 Å². The highest BCUT2D eigenvalue weighted by atomic mass is 16.3. The van der Waals surface area contributed by atoms with Gasteiger partial charge in [-0.2, -0.15) is 0 Å². The molecule has 4 aromatic rings. The summed E-state index contributed by atoms with van der Waals surface area (Å²) in [6, 6.07) is 17.0. The van der Waals surface area contributed by atoms with Crippen molar-refractivity contribution in [2.45, 2.75) is 25.9 Å². The number of imidazole rings is 1. The molecular weight excluding hydrogens is 342 g/mol. The number of nitrogens with one attached hydrogen (secondary N) is 1. The van der Waals surface area contributed by atoms with Crippen LogP contribution >= 0.6 is 0 Å². The molecule has 6 heteroatoms. The first kappa shape index (κ1) is 17.1. The van der Waals surface area contributed by atoms with Gasteiger partial charge < -0.3 is 9.73 Å². The predicted molar refractivity (Wildman–Crippen MR) is 105 cm³/mol. The Hall–Kier alpha value is -3.28. The van der Waals surface area contributed by atoms with Crippen molar-refractivity contribution in [3.8, 4) is 0 Å². The van der Waals surface area contributed by atoms with Crippen molar-refractivity contribution in [3.63, 3.8) is 0 Å². The van der Waals surface area contributed by atoms with Gasteiger partial charge in [-0.15, -0.1) is 0 Å². The first-order valence-corrected chi connectivity index (χ1v) is 8.96. The van der Waals surface area contributed by atoms with Crippen LogP contribution in [0.1, 0.15) is 25.1 Å². The molecule has 1 N–H and O–H groups in total. The van der Waals surface area contributed by atoms with Crippen molar-refractivity contribution in [2.24, 2.45) is 7.05 Å². The minimum atomic E-state index is -0.242. The summed E-state index contributed by atoms with van der Waals surface area (Å²) in [5, 5.41) is 3.96. The van der Waals surface area contributed by atoms with Gasteiger partial charge in [0.15, 0.2) is 0 Å². The van der Waals surface area contributed by atoms with E-state index in [4.69, 9.17) is 4.42 Å². The zero-order valence-corrected chi connectivity index (χ0v) is 15.3. The molecule has 0 saturated heterocycles. The number of hydrogen-bond acceptors (Lipinski definition) is 3. The lowest BCUT2D eigenvalue weighted by Crippen LogP contribution is -2.29. The molecule has 1 unspecified atom stereocenters. The Morgan fingerprint density at radius 3 is 2.59 bits per heavy atom. The van der Waals surface area contributed by atoms with Gasteiger partial charge in [0, 0.05) is 25.4 Å². The number of aryl methyl sites for hydroxylation is 2. The second kappa shape index (κ2) is 6.79. The number of para-hydroxylation sites is 3. The molecule has 4 rings (SSSR count). The second-order valence-corrected chi connectivity index (χ2v) is 6.71. The maximum absolute atomic E-state index is 12.4. The van der Waals surface area contributed by atoms with Gasteiger partial charge in [-0.05, 0) is 31.2 Å². The minimum absolute atomic E-state index is 0.116. The van der Waals surface area contributed by atoms with Gasteiger partial charge in [0.25, 0.3) is 0 Å². The lowest BCUT2D eigenvalue weighted by Gasteiger charge is -2.11. The van der Waals surface area contributed by atoms with Gasteiger partial charge >= 0.3 is 5.69 Å². The first-order valence-electron chi connectivity index (χ1n) is 8.96. The molecular formula is C21H21N3O3. The van der Waals surface area contributed by atoms with E-state index in [0.29, 0.717) is 12.3 Å². The van der Waals surface area contributed by atoms with E-state index in [1.54, 1.807) is 16.2 Å². The van der Waals surface area contributed by atoms with E-state index in [0.717, 1.165) is 22.0 Å². The molecule has 2 aromatic carbocycles. The summed E-state index contributed by atoms with van der Waals surface area (Å²) in [6.07, 6.45) is 0.221. The zero-order chi connectivity index (χ0) is 19.0. The average molecular weight is 363 g/mol. The summed E-state index contributed by atoms with van der Waals surface area (Å²) < 4.78 is 9.04. The molecule has 0 bridgehead atoms. The molecule has 6 nitrogen and oxygen atoms in total. The van der Waals surface area contributed by atoms with Crippen LogP contribution in [0.25, 0.3) is 22.0 Å². The van der Waals surface area contributed by atoms with Crippen LogP contribution in [0.3, 0.4) is 0 Å². The maximum Gasteiger partial charge on any atom is 0.328 e. The largest absolute Gasteiger partial charge is 0.459 e. The van der Waals surface area contributed by atoms with E-state index in [1.165, 1.54) is 0 Å². The van der Waals surface area contributed by atoms with Gasteiger partial charge in [-0.1, -0.05) is 30.3 Å². The highest BCUT2D eigenvalue weighted by molar-refractivity contribution is 5.79. The first-order chi connectivity index (χ1) is 13.0. The number of fused-ring (bicyclic) bond motifs is 2. The lowest BCUT2D eigenvalue weighted by atomic mass is 10.2. The number of furan rings is 1. The Kier molecular flexibility index (Phi) is 4.32. The molecule has 0 spiro atoms. The number of carbonyl (C=O) groups is 1. The monoisotopic (exact) mass is 363 g/mol. The fraction of sp³-hybridized carbons (Fsp3) is 0.238. The number of benzene rings is 2. The van der Waals surface area contributed by atoms with Gasteiger partial charge in [0.1, 0.15) is 11.3 Å². The van der Waals surface area contributed by atoms with Gasteiger partial charge in [0.05, 0.1) is 17.1 Å². The number of amides is 1. The smallest absolute Gasteiger partial charge is 0.328 e. The fourth-order valence-corrected chi connectivity index (χ4v) is 3.39. The van der Waals surface area contributed by atoms with Crippen LogP contribution in [0.4, 0.5) is 0 Å². The summed E-state index contributed by atoms with van der Waals surface area (Å²) >= 11 is 0. The Labute approximate surface area is 156 Å². The van der Waals surface area contributed by atoms with Crippen LogP contribution in [-0.2, 0) is 18.4 Å². The summed E-state index contributed by atoms with van der Waals surface area (Å²) in [7, 11) is 1.74. The van der Waals surface area contributed by atoms with Crippen molar-refractivity contribution >= 4 is 27.9 Å². The third kappa shape index (κ3) is 3.14. The summed E-state index contributed by atoms with van der Waals surface area (Å²) in [5.74, 6) is 0.592. The summed E-state index contributed by atoms with van der Waals surface area (Å²) in [4.78, 5) is 24.8. The summed E-state index contributed by atoms with van der Waals surface area (Å²) in [5.41, 5.74) is 2.38. The molecule has 0 fully saturated rings. The maximum atomic E-state index is 12.4. The van der Waals surface area contributed by atoms with Crippen LogP contribution in [0.15, 0.2) is 63.8 Å². The van der Waals surface area contributed by atoms with Crippen LogP contribution in [0, 0.1) is 0 Å². The second-order valence-electron chi connectivity index (χ2n) is 6.71. The normalized spacial score (nSPS) is 12.5. The highest BCUT2D eigenvalue weighted by Gasteiger charge is 2.16. The van der Waals surface area contributed by atoms with Gasteiger partial charge in [-0.25, -0.2) is 4.79 Å². The van der Waals surface area contributed by atoms with E-state index in [2.05, 4.69) is 5.32 Å². The number of hydrogen-bond donors (Lipinski definition) is 1. The Morgan fingerprint density at radius 1 is 1.11 bits per heavy atom. The SMILES string of the molecule is CC(NC(=O)CCn1c(=O)n(C)c2ccccc21)c1cc2ccccc2o1. The summed E-state index contributed by atoms with van der Waals surface area (Å²) in [6.45, 7) is 2.22. The lowest BCUT2D eigenvalue weighted by molar-refractivity contribution is -0.122. The zero-order valence-electron chi connectivity index (χ0n) is 15.3. The number of nitrogens with zero attached hydrogens (tertiary/aromatic N) is 2. The minimum Gasteiger partial charge on any atom is -0.459 e. The van der Waals surface area contributed by atoms with E-state index >= 15 is 0 Å². The fourth-order valence-electron chi connectivity index (χ4n) is 3.39. The molecule has 2 heterocycles. The molecule has 0 radical (unpaired) electrons. The van der Waals surface area contributed by atoms with E-state index in [9.17, 15) is 9.59 Å². The molecule has 0 aliphatic rings. The van der Waals surface area contributed by atoms with Gasteiger partial charge in [0.2, 0.25) is 5.91 Å². The van der Waals surface area contributed by atoms with Crippen LogP contribution < -0.4 is 11.0 Å². The average Bonchev–Trinajstić information content (AvgIpc) is 3.21. The highest BCUT2D eigenvalue weighted by Crippen LogP contribution is 2.23. The molecule has 1 atom stereocenters. The van der Waals surface area contributed by atoms with Crippen LogP contribution in [-0.4, -0.2) is 15.0 Å². The Morgan fingerprint density at radius 2 is 1.81 bits per heavy atom. The quantitative estimate of drug-likeness (QED) is 0.591. The topological polar surface area (TPSA) is 69.2 Å². The van der Waals surface area contributed by atoms with Crippen molar-refractivity contribution in [1.29, 1.82) is 0 Å². The van der Waals surface area contributed by atoms with Crippen molar-refractivity contribution in [3.05, 3.63) is 70.8 Å². The Balaban J connectivity index is 1.46. The molecule has 0 aliphatic carbocycles. The van der Waals surface area contributed by atoms with Gasteiger partial charge in [-0.3, -0.25) is 13.9 Å². The van der Waals surface area contributed by atoms with Crippen molar-refractivity contribution in [2.75, 3.05) is 0 Å². The number of rotatable bonds is 5. The Bertz CT molecular complexity index is 1150. The standard InChI is InChI=1S/C21H21N3O3/c1-14(19-13-15-7-3-6-10-18(15)27-19)22-20(25)11-12-24-17-9-5-4-8-16(17)23(2)21(24)26/h3-10,13-14H,11-12H2,1-2H3,(H,22,25). The molecule has 2 aromatic heterocycles. The molecule has 0 saturated carbocycles. The van der Waals surface area contributed by atoms with E-state index in [-0.39, 0.29) is 24.1 Å². The van der Waals surface area contributed by atoms with Crippen LogP contribution in [0.5, 0.6) is 0 Å². The third-order valence-corrected chi connectivity index (χ3v) is 4.86. The number of carbonyl (C=O) groups excluding carboxylic acids is 1. The van der Waals surface area contributed by atoms with Crippen molar-refractivity contribution in [1.82, 2.24) is 14.5 Å². The van der Waals surface area contributed by atoms with Crippen LogP contribution in [0.2, 0.25) is 0 Å². The predicted octanol–water partition coefficient (Wildman–Crippen LogP) is 3.35. The molecule has 1 amide bonds. The molecule has 27 heavy (non-hydrogen) atoms. The van der Waals surface area contributed by atoms with Crippen molar-refractivity contribution < 1.29 is 9.21 Å². The number of aromatic nitrogens is 2. The molecule has 138 valence electrons. The van der Waals surface area contributed by atoms with E-state index < -0.39 is 0 Å². The molecule has 0 aliphatic heterocycles. The third-order valence-electron chi connectivity index (χ3n) is 4.86.